The summed E-state index contributed by atoms with van der Waals surface area (Å²) in [6.07, 6.45) is 0. The maximum atomic E-state index is 11.7. The summed E-state index contributed by atoms with van der Waals surface area (Å²) in [5, 5.41) is 1.41. The molecular weight excluding hydrogens is 260 g/mol. The molecule has 0 aliphatic carbocycles. The minimum atomic E-state index is -0.773. The van der Waals surface area contributed by atoms with E-state index in [4.69, 9.17) is 11.6 Å². The number of rotatable bonds is 2. The highest BCUT2D eigenvalue weighted by atomic mass is 35.5. The topological polar surface area (TPSA) is 75.7 Å². The molecule has 102 valence electrons. The van der Waals surface area contributed by atoms with Gasteiger partial charge in [-0.2, -0.15) is 0 Å². The Morgan fingerprint density at radius 2 is 2.00 bits per heavy atom. The molecule has 0 saturated carbocycles. The summed E-state index contributed by atoms with van der Waals surface area (Å²) in [7, 11) is 1.32. The van der Waals surface area contributed by atoms with Gasteiger partial charge in [0.15, 0.2) is 0 Å². The molecule has 1 heterocycles. The van der Waals surface area contributed by atoms with E-state index in [1.54, 1.807) is 0 Å². The number of urea groups is 1. The number of hydrogen-bond acceptors (Lipinski definition) is 4. The molecule has 1 aliphatic heterocycles. The van der Waals surface area contributed by atoms with Crippen LogP contribution in [0.15, 0.2) is 0 Å². The van der Waals surface area contributed by atoms with Crippen LogP contribution in [0.5, 0.6) is 0 Å². The van der Waals surface area contributed by atoms with Crippen molar-refractivity contribution in [2.24, 2.45) is 11.8 Å². The van der Waals surface area contributed by atoms with Crippen molar-refractivity contribution < 1.29 is 19.1 Å². The number of alkyl halides is 1. The lowest BCUT2D eigenvalue weighted by molar-refractivity contribution is -0.146. The molecule has 1 aliphatic rings. The van der Waals surface area contributed by atoms with Crippen LogP contribution in [0.25, 0.3) is 0 Å². The molecule has 18 heavy (non-hydrogen) atoms. The normalized spacial score (nSPS) is 24.6. The molecule has 3 unspecified atom stereocenters. The first kappa shape index (κ1) is 14.8. The molecular formula is C11H17ClN2O4. The quantitative estimate of drug-likeness (QED) is 0.592. The molecule has 0 aromatic rings. The van der Waals surface area contributed by atoms with Gasteiger partial charge in [-0.1, -0.05) is 6.92 Å². The number of carbonyl (C=O) groups excluding carboxylic acids is 3. The highest BCUT2D eigenvalue weighted by Crippen LogP contribution is 2.23. The maximum absolute atomic E-state index is 11.7. The zero-order valence-electron chi connectivity index (χ0n) is 10.6. The van der Waals surface area contributed by atoms with E-state index in [1.807, 2.05) is 6.92 Å². The van der Waals surface area contributed by atoms with Gasteiger partial charge in [0.05, 0.1) is 13.0 Å². The molecule has 0 bridgehead atoms. The van der Waals surface area contributed by atoms with Crippen molar-refractivity contribution >= 4 is 29.5 Å². The SMILES string of the molecule is COC(=O)C1CN(C(=O)NC(=O)C(C)Cl)CC1C. The molecule has 1 fully saturated rings. The summed E-state index contributed by atoms with van der Waals surface area (Å²) in [4.78, 5) is 35.9. The number of halogens is 1. The molecule has 1 rings (SSSR count). The largest absolute Gasteiger partial charge is 0.469 e. The molecule has 7 heteroatoms. The monoisotopic (exact) mass is 276 g/mol. The Kier molecular flexibility index (Phi) is 4.95. The summed E-state index contributed by atoms with van der Waals surface area (Å²) < 4.78 is 4.67. The van der Waals surface area contributed by atoms with E-state index in [2.05, 4.69) is 10.1 Å². The number of hydrogen-bond donors (Lipinski definition) is 1. The van der Waals surface area contributed by atoms with Gasteiger partial charge < -0.3 is 9.64 Å². The van der Waals surface area contributed by atoms with E-state index < -0.39 is 17.3 Å². The van der Waals surface area contributed by atoms with Crippen LogP contribution < -0.4 is 5.32 Å². The minimum absolute atomic E-state index is 0.00623. The fourth-order valence-corrected chi connectivity index (χ4v) is 1.93. The first-order chi connectivity index (χ1) is 8.36. The maximum Gasteiger partial charge on any atom is 0.324 e. The number of esters is 1. The zero-order valence-corrected chi connectivity index (χ0v) is 11.4. The van der Waals surface area contributed by atoms with Crippen molar-refractivity contribution in [2.75, 3.05) is 20.2 Å². The molecule has 3 amide bonds. The molecule has 0 spiro atoms. The van der Waals surface area contributed by atoms with Gasteiger partial charge in [-0.25, -0.2) is 4.79 Å². The number of amides is 3. The number of imide groups is 1. The van der Waals surface area contributed by atoms with Gasteiger partial charge >= 0.3 is 12.0 Å². The van der Waals surface area contributed by atoms with Gasteiger partial charge in [-0.15, -0.1) is 11.6 Å². The minimum Gasteiger partial charge on any atom is -0.469 e. The molecule has 0 aromatic carbocycles. The van der Waals surface area contributed by atoms with Crippen molar-refractivity contribution in [3.05, 3.63) is 0 Å². The Balaban J connectivity index is 2.57. The number of methoxy groups -OCH3 is 1. The fourth-order valence-electron chi connectivity index (χ4n) is 1.87. The van der Waals surface area contributed by atoms with E-state index >= 15 is 0 Å². The first-order valence-corrected chi connectivity index (χ1v) is 6.12. The van der Waals surface area contributed by atoms with Crippen molar-refractivity contribution in [1.82, 2.24) is 10.2 Å². The number of nitrogens with zero attached hydrogens (tertiary/aromatic N) is 1. The average molecular weight is 277 g/mol. The molecule has 3 atom stereocenters. The van der Waals surface area contributed by atoms with Gasteiger partial charge in [0.1, 0.15) is 5.38 Å². The van der Waals surface area contributed by atoms with Gasteiger partial charge in [0.2, 0.25) is 5.91 Å². The predicted octanol–water partition coefficient (Wildman–Crippen LogP) is 0.591. The van der Waals surface area contributed by atoms with E-state index in [0.29, 0.717) is 6.54 Å². The van der Waals surface area contributed by atoms with Gasteiger partial charge in [0.25, 0.3) is 0 Å². The van der Waals surface area contributed by atoms with Crippen LogP contribution in [0.1, 0.15) is 13.8 Å². The molecule has 0 aromatic heterocycles. The van der Waals surface area contributed by atoms with Crippen LogP contribution in [-0.2, 0) is 14.3 Å². The lowest BCUT2D eigenvalue weighted by Crippen LogP contribution is -2.44. The van der Waals surface area contributed by atoms with E-state index in [9.17, 15) is 14.4 Å². The summed E-state index contributed by atoms with van der Waals surface area (Å²) in [5.74, 6) is -1.22. The highest BCUT2D eigenvalue weighted by molar-refractivity contribution is 6.31. The second kappa shape index (κ2) is 6.04. The average Bonchev–Trinajstić information content (AvgIpc) is 2.70. The van der Waals surface area contributed by atoms with E-state index in [-0.39, 0.29) is 24.3 Å². The third kappa shape index (κ3) is 3.35. The third-order valence-corrected chi connectivity index (χ3v) is 3.19. The second-order valence-electron chi connectivity index (χ2n) is 4.42. The Morgan fingerprint density at radius 3 is 2.50 bits per heavy atom. The Labute approximate surface area is 111 Å². The van der Waals surface area contributed by atoms with Crippen molar-refractivity contribution in [3.8, 4) is 0 Å². The zero-order chi connectivity index (χ0) is 13.9. The number of likely N-dealkylation sites (tertiary alicyclic amines) is 1. The van der Waals surface area contributed by atoms with Crippen molar-refractivity contribution in [2.45, 2.75) is 19.2 Å². The van der Waals surface area contributed by atoms with E-state index in [0.717, 1.165) is 0 Å². The fraction of sp³-hybridized carbons (Fsp3) is 0.727. The highest BCUT2D eigenvalue weighted by Gasteiger charge is 2.38. The third-order valence-electron chi connectivity index (χ3n) is 2.99. The molecule has 1 saturated heterocycles. The van der Waals surface area contributed by atoms with Crippen LogP contribution >= 0.6 is 11.6 Å². The van der Waals surface area contributed by atoms with Crippen LogP contribution in [0, 0.1) is 11.8 Å². The summed E-state index contributed by atoms with van der Waals surface area (Å²) in [5.41, 5.74) is 0. The predicted molar refractivity (Wildman–Crippen MR) is 65.1 cm³/mol. The molecule has 6 nitrogen and oxygen atoms in total. The van der Waals surface area contributed by atoms with Crippen molar-refractivity contribution in [1.29, 1.82) is 0 Å². The summed E-state index contributed by atoms with van der Waals surface area (Å²) in [6.45, 7) is 4.01. The number of nitrogens with one attached hydrogen (secondary N) is 1. The van der Waals surface area contributed by atoms with Crippen LogP contribution in [0.3, 0.4) is 0 Å². The Hall–Kier alpha value is -1.30. The lowest BCUT2D eigenvalue weighted by Gasteiger charge is -2.16. The smallest absolute Gasteiger partial charge is 0.324 e. The number of carbonyl (C=O) groups is 3. The molecule has 1 N–H and O–H groups in total. The van der Waals surface area contributed by atoms with Crippen LogP contribution in [0.4, 0.5) is 4.79 Å². The van der Waals surface area contributed by atoms with Gasteiger partial charge in [0, 0.05) is 13.1 Å². The van der Waals surface area contributed by atoms with Crippen LogP contribution in [0.2, 0.25) is 0 Å². The Bertz CT molecular complexity index is 359. The summed E-state index contributed by atoms with van der Waals surface area (Å²) in [6, 6.07) is -0.522. The summed E-state index contributed by atoms with van der Waals surface area (Å²) >= 11 is 5.55. The second-order valence-corrected chi connectivity index (χ2v) is 5.08. The first-order valence-electron chi connectivity index (χ1n) is 5.68. The molecule has 0 radical (unpaired) electrons. The Morgan fingerprint density at radius 1 is 1.39 bits per heavy atom. The van der Waals surface area contributed by atoms with Gasteiger partial charge in [-0.3, -0.25) is 14.9 Å². The van der Waals surface area contributed by atoms with Gasteiger partial charge in [-0.05, 0) is 12.8 Å². The number of ether oxygens (including phenoxy) is 1. The standard InChI is InChI=1S/C11H17ClN2O4/c1-6-4-14(5-8(6)10(16)18-3)11(17)13-9(15)7(2)12/h6-8H,4-5H2,1-3H3,(H,13,15,17). The van der Waals surface area contributed by atoms with Crippen molar-refractivity contribution in [3.63, 3.8) is 0 Å². The van der Waals surface area contributed by atoms with Crippen LogP contribution in [-0.4, -0.2) is 48.4 Å². The van der Waals surface area contributed by atoms with E-state index in [1.165, 1.54) is 18.9 Å². The lowest BCUT2D eigenvalue weighted by atomic mass is 9.99.